The van der Waals surface area contributed by atoms with Gasteiger partial charge in [-0.2, -0.15) is 5.10 Å². The van der Waals surface area contributed by atoms with Crippen LogP contribution in [0, 0.1) is 0 Å². The highest BCUT2D eigenvalue weighted by Gasteiger charge is 2.14. The van der Waals surface area contributed by atoms with Crippen molar-refractivity contribution in [1.82, 2.24) is 19.3 Å². The molecule has 0 saturated heterocycles. The Bertz CT molecular complexity index is 759. The Labute approximate surface area is 130 Å². The zero-order valence-corrected chi connectivity index (χ0v) is 13.1. The third-order valence-electron chi connectivity index (χ3n) is 3.76. The molecule has 0 fully saturated rings. The summed E-state index contributed by atoms with van der Waals surface area (Å²) in [5.74, 6) is 0.948. The minimum absolute atomic E-state index is 0.138. The Morgan fingerprint density at radius 1 is 1.23 bits per heavy atom. The standard InChI is InChI=1S/C17H20N4O/c1-13(22-3)11-21-9-8-18-17(21)16-7-5-4-6-15(16)14-10-19-20(2)12-14/h4-10,12-13H,11H2,1-3H3. The highest BCUT2D eigenvalue weighted by Crippen LogP contribution is 2.30. The third-order valence-corrected chi connectivity index (χ3v) is 3.76. The number of hydrogen-bond acceptors (Lipinski definition) is 3. The molecule has 0 saturated carbocycles. The van der Waals surface area contributed by atoms with Crippen LogP contribution >= 0.6 is 0 Å². The molecule has 2 aromatic heterocycles. The third kappa shape index (κ3) is 2.80. The maximum absolute atomic E-state index is 5.37. The number of hydrogen-bond donors (Lipinski definition) is 0. The molecule has 0 aliphatic rings. The number of imidazole rings is 1. The Morgan fingerprint density at radius 3 is 2.68 bits per heavy atom. The highest BCUT2D eigenvalue weighted by molar-refractivity contribution is 5.80. The zero-order valence-electron chi connectivity index (χ0n) is 13.1. The van der Waals surface area contributed by atoms with Crippen LogP contribution in [-0.4, -0.2) is 32.5 Å². The molecule has 3 rings (SSSR count). The van der Waals surface area contributed by atoms with Crippen molar-refractivity contribution in [1.29, 1.82) is 0 Å². The molecule has 0 radical (unpaired) electrons. The topological polar surface area (TPSA) is 44.9 Å². The molecular weight excluding hydrogens is 276 g/mol. The Hall–Kier alpha value is -2.40. The summed E-state index contributed by atoms with van der Waals surface area (Å²) in [6, 6.07) is 8.27. The van der Waals surface area contributed by atoms with Crippen LogP contribution in [0.3, 0.4) is 0 Å². The molecule has 0 aliphatic heterocycles. The van der Waals surface area contributed by atoms with Crippen molar-refractivity contribution in [3.63, 3.8) is 0 Å². The second-order valence-corrected chi connectivity index (χ2v) is 5.40. The van der Waals surface area contributed by atoms with Gasteiger partial charge in [0, 0.05) is 43.9 Å². The summed E-state index contributed by atoms with van der Waals surface area (Å²) in [5, 5.41) is 4.27. The van der Waals surface area contributed by atoms with E-state index in [0.717, 1.165) is 29.1 Å². The molecule has 2 heterocycles. The van der Waals surface area contributed by atoms with Gasteiger partial charge in [-0.3, -0.25) is 4.68 Å². The number of benzene rings is 1. The van der Waals surface area contributed by atoms with Gasteiger partial charge in [-0.05, 0) is 12.5 Å². The normalized spacial score (nSPS) is 12.5. The van der Waals surface area contributed by atoms with Crippen LogP contribution in [0.4, 0.5) is 0 Å². The van der Waals surface area contributed by atoms with Crippen molar-refractivity contribution >= 4 is 0 Å². The molecule has 1 unspecified atom stereocenters. The molecule has 1 aromatic carbocycles. The smallest absolute Gasteiger partial charge is 0.140 e. The van der Waals surface area contributed by atoms with Gasteiger partial charge < -0.3 is 9.30 Å². The number of ether oxygens (including phenoxy) is 1. The van der Waals surface area contributed by atoms with E-state index in [1.165, 1.54) is 0 Å². The molecule has 0 aliphatic carbocycles. The second kappa shape index (κ2) is 6.15. The van der Waals surface area contributed by atoms with E-state index < -0.39 is 0 Å². The maximum atomic E-state index is 5.37. The first-order chi connectivity index (χ1) is 10.7. The van der Waals surface area contributed by atoms with Crippen LogP contribution < -0.4 is 0 Å². The number of aromatic nitrogens is 4. The van der Waals surface area contributed by atoms with Gasteiger partial charge in [0.1, 0.15) is 5.82 Å². The van der Waals surface area contributed by atoms with E-state index in [4.69, 9.17) is 4.74 Å². The lowest BCUT2D eigenvalue weighted by Gasteiger charge is -2.14. The first-order valence-corrected chi connectivity index (χ1v) is 7.31. The van der Waals surface area contributed by atoms with Crippen LogP contribution in [-0.2, 0) is 18.3 Å². The van der Waals surface area contributed by atoms with Crippen molar-refractivity contribution in [2.75, 3.05) is 7.11 Å². The number of nitrogens with zero attached hydrogens (tertiary/aromatic N) is 4. The minimum Gasteiger partial charge on any atom is -0.380 e. The van der Waals surface area contributed by atoms with Crippen molar-refractivity contribution in [2.45, 2.75) is 19.6 Å². The predicted molar refractivity (Wildman–Crippen MR) is 86.3 cm³/mol. The SMILES string of the molecule is COC(C)Cn1ccnc1-c1ccccc1-c1cnn(C)c1. The highest BCUT2D eigenvalue weighted by atomic mass is 16.5. The first-order valence-electron chi connectivity index (χ1n) is 7.31. The Balaban J connectivity index is 2.05. The van der Waals surface area contributed by atoms with E-state index in [0.29, 0.717) is 0 Å². The minimum atomic E-state index is 0.138. The lowest BCUT2D eigenvalue weighted by atomic mass is 10.0. The van der Waals surface area contributed by atoms with E-state index in [1.807, 2.05) is 48.6 Å². The molecule has 1 atom stereocenters. The molecule has 5 nitrogen and oxygen atoms in total. The quantitative estimate of drug-likeness (QED) is 0.727. The van der Waals surface area contributed by atoms with Crippen molar-refractivity contribution in [3.8, 4) is 22.5 Å². The zero-order chi connectivity index (χ0) is 15.5. The molecular formula is C17H20N4O. The average Bonchev–Trinajstić information content (AvgIpc) is 3.16. The Kier molecular flexibility index (Phi) is 4.06. The van der Waals surface area contributed by atoms with Gasteiger partial charge in [0.2, 0.25) is 0 Å². The molecule has 22 heavy (non-hydrogen) atoms. The van der Waals surface area contributed by atoms with Crippen LogP contribution in [0.25, 0.3) is 22.5 Å². The summed E-state index contributed by atoms with van der Waals surface area (Å²) < 4.78 is 9.31. The number of rotatable bonds is 5. The van der Waals surface area contributed by atoms with Gasteiger partial charge in [-0.15, -0.1) is 0 Å². The van der Waals surface area contributed by atoms with E-state index in [9.17, 15) is 0 Å². The monoisotopic (exact) mass is 296 g/mol. The summed E-state index contributed by atoms with van der Waals surface area (Å²) in [4.78, 5) is 4.55. The van der Waals surface area contributed by atoms with Crippen LogP contribution in [0.2, 0.25) is 0 Å². The largest absolute Gasteiger partial charge is 0.380 e. The average molecular weight is 296 g/mol. The summed E-state index contributed by atoms with van der Waals surface area (Å²) in [5.41, 5.74) is 3.32. The lowest BCUT2D eigenvalue weighted by Crippen LogP contribution is -2.15. The molecule has 0 bridgehead atoms. The first kappa shape index (κ1) is 14.5. The van der Waals surface area contributed by atoms with Gasteiger partial charge in [0.25, 0.3) is 0 Å². The van der Waals surface area contributed by atoms with Crippen molar-refractivity contribution in [2.24, 2.45) is 7.05 Å². The van der Waals surface area contributed by atoms with Crippen molar-refractivity contribution < 1.29 is 4.74 Å². The number of methoxy groups -OCH3 is 1. The molecule has 114 valence electrons. The number of aryl methyl sites for hydroxylation is 1. The summed E-state index contributed by atoms with van der Waals surface area (Å²) in [7, 11) is 3.65. The van der Waals surface area contributed by atoms with Crippen molar-refractivity contribution in [3.05, 3.63) is 49.1 Å². The van der Waals surface area contributed by atoms with E-state index >= 15 is 0 Å². The fourth-order valence-electron chi connectivity index (χ4n) is 2.54. The molecule has 0 spiro atoms. The van der Waals surface area contributed by atoms with Gasteiger partial charge >= 0.3 is 0 Å². The summed E-state index contributed by atoms with van der Waals surface area (Å²) >= 11 is 0. The van der Waals surface area contributed by atoms with Gasteiger partial charge in [0.15, 0.2) is 0 Å². The molecule has 3 aromatic rings. The fraction of sp³-hybridized carbons (Fsp3) is 0.294. The van der Waals surface area contributed by atoms with Gasteiger partial charge in [-0.25, -0.2) is 4.98 Å². The maximum Gasteiger partial charge on any atom is 0.140 e. The van der Waals surface area contributed by atoms with Crippen LogP contribution in [0.15, 0.2) is 49.1 Å². The molecule has 0 N–H and O–H groups in total. The van der Waals surface area contributed by atoms with Gasteiger partial charge in [0.05, 0.1) is 18.8 Å². The summed E-state index contributed by atoms with van der Waals surface area (Å²) in [6.45, 7) is 2.82. The summed E-state index contributed by atoms with van der Waals surface area (Å²) in [6.07, 6.45) is 7.86. The van der Waals surface area contributed by atoms with E-state index in [-0.39, 0.29) is 6.10 Å². The lowest BCUT2D eigenvalue weighted by molar-refractivity contribution is 0.103. The second-order valence-electron chi connectivity index (χ2n) is 5.40. The fourth-order valence-corrected chi connectivity index (χ4v) is 2.54. The Morgan fingerprint density at radius 2 is 2.00 bits per heavy atom. The predicted octanol–water partition coefficient (Wildman–Crippen LogP) is 2.99. The van der Waals surface area contributed by atoms with E-state index in [1.54, 1.807) is 7.11 Å². The van der Waals surface area contributed by atoms with Gasteiger partial charge in [-0.1, -0.05) is 24.3 Å². The van der Waals surface area contributed by atoms with Crippen LogP contribution in [0.5, 0.6) is 0 Å². The van der Waals surface area contributed by atoms with Crippen LogP contribution in [0.1, 0.15) is 6.92 Å². The molecule has 5 heteroatoms. The van der Waals surface area contributed by atoms with E-state index in [2.05, 4.69) is 33.7 Å². The molecule has 0 amide bonds.